The third kappa shape index (κ3) is 12.7. The zero-order chi connectivity index (χ0) is 42.5. The molecule has 0 radical (unpaired) electrons. The summed E-state index contributed by atoms with van der Waals surface area (Å²) in [5.41, 5.74) is -1.68. The zero-order valence-corrected chi connectivity index (χ0v) is 33.0. The lowest BCUT2D eigenvalue weighted by molar-refractivity contribution is -0.346. The maximum absolute atomic E-state index is 13.1. The van der Waals surface area contributed by atoms with Crippen molar-refractivity contribution in [3.05, 3.63) is 45.3 Å². The molecule has 2 amide bonds. The van der Waals surface area contributed by atoms with E-state index in [1.807, 2.05) is 4.98 Å². The molecule has 0 aliphatic carbocycles. The van der Waals surface area contributed by atoms with Gasteiger partial charge in [-0.05, 0) is 18.9 Å². The standard InChI is InChI=1S/C38H62N4O16/c1-3-4-5-6-7-8-9-10-11-12-13-14-15-24(46)40-27-31(51)28(48)22(55-37(27)58-36-26(39-20(2)44)30(50)29(49)23(19-43)56-36)18-21(45)34-32(52)33(53)35(57-34)42-17-16-25(47)41-38(42)54/h14-17,21-23,26-37,43,45,48-53H,3-13,18-19H2,1-2H3,(H,39,44)(H,40,46)(H,41,47,54)/b15-14+. The first-order valence-electron chi connectivity index (χ1n) is 20.2. The van der Waals surface area contributed by atoms with Gasteiger partial charge in [-0.2, -0.15) is 0 Å². The molecule has 4 rings (SSSR count). The molecule has 3 aliphatic rings. The van der Waals surface area contributed by atoms with Gasteiger partial charge in [0.1, 0.15) is 60.9 Å². The minimum atomic E-state index is -1.85. The number of ether oxygens (including phenoxy) is 4. The minimum Gasteiger partial charge on any atom is -0.394 e. The monoisotopic (exact) mass is 830 g/mol. The highest BCUT2D eigenvalue weighted by Crippen LogP contribution is 2.34. The van der Waals surface area contributed by atoms with Crippen molar-refractivity contribution in [2.75, 3.05) is 6.61 Å². The summed E-state index contributed by atoms with van der Waals surface area (Å²) < 4.78 is 24.1. The molecule has 330 valence electrons. The van der Waals surface area contributed by atoms with Gasteiger partial charge in [-0.15, -0.1) is 0 Å². The van der Waals surface area contributed by atoms with Gasteiger partial charge in [-0.3, -0.25) is 23.9 Å². The summed E-state index contributed by atoms with van der Waals surface area (Å²) in [5, 5.41) is 91.4. The van der Waals surface area contributed by atoms with Crippen LogP contribution in [0.3, 0.4) is 0 Å². The van der Waals surface area contributed by atoms with E-state index in [0.717, 1.165) is 49.4 Å². The number of carbonyl (C=O) groups is 2. The van der Waals surface area contributed by atoms with Gasteiger partial charge in [0.05, 0.1) is 18.8 Å². The molecule has 11 N–H and O–H groups in total. The number of hydrogen-bond donors (Lipinski definition) is 11. The van der Waals surface area contributed by atoms with Gasteiger partial charge in [0.25, 0.3) is 5.56 Å². The second-order valence-electron chi connectivity index (χ2n) is 15.3. The van der Waals surface area contributed by atoms with Crippen molar-refractivity contribution >= 4 is 11.8 Å². The normalized spacial score (nSPS) is 34.6. The number of H-pyrrole nitrogens is 1. The second-order valence-corrected chi connectivity index (χ2v) is 15.3. The molecule has 15 atom stereocenters. The second kappa shape index (κ2) is 23.0. The van der Waals surface area contributed by atoms with E-state index in [0.29, 0.717) is 6.42 Å². The summed E-state index contributed by atoms with van der Waals surface area (Å²) in [6, 6.07) is -2.01. The van der Waals surface area contributed by atoms with E-state index in [9.17, 15) is 60.0 Å². The van der Waals surface area contributed by atoms with Crippen LogP contribution < -0.4 is 21.9 Å². The quantitative estimate of drug-likeness (QED) is 0.0457. The molecular weight excluding hydrogens is 768 g/mol. The lowest BCUT2D eigenvalue weighted by Gasteiger charge is -2.47. The molecule has 58 heavy (non-hydrogen) atoms. The molecule has 3 saturated heterocycles. The van der Waals surface area contributed by atoms with Gasteiger partial charge in [0.2, 0.25) is 11.8 Å². The number of aliphatic hydroxyl groups is 8. The number of rotatable bonds is 21. The van der Waals surface area contributed by atoms with E-state index < -0.39 is 128 Å². The number of hydrogen-bond acceptors (Lipinski definition) is 16. The van der Waals surface area contributed by atoms with Crippen molar-refractivity contribution in [3.63, 3.8) is 0 Å². The average molecular weight is 831 g/mol. The third-order valence-electron chi connectivity index (χ3n) is 10.8. The van der Waals surface area contributed by atoms with Crippen LogP contribution in [0, 0.1) is 0 Å². The number of aliphatic hydroxyl groups excluding tert-OH is 8. The Morgan fingerprint density at radius 2 is 1.38 bits per heavy atom. The van der Waals surface area contributed by atoms with Crippen LogP contribution in [0.15, 0.2) is 34.0 Å². The van der Waals surface area contributed by atoms with Crippen LogP contribution in [0.1, 0.15) is 97.1 Å². The van der Waals surface area contributed by atoms with E-state index in [2.05, 4.69) is 17.6 Å². The van der Waals surface area contributed by atoms with Crippen molar-refractivity contribution in [2.24, 2.45) is 0 Å². The van der Waals surface area contributed by atoms with Crippen LogP contribution >= 0.6 is 0 Å². The molecule has 1 aromatic rings. The fourth-order valence-electron chi connectivity index (χ4n) is 7.50. The smallest absolute Gasteiger partial charge is 0.330 e. The number of nitrogens with zero attached hydrogens (tertiary/aromatic N) is 1. The van der Waals surface area contributed by atoms with E-state index in [1.54, 1.807) is 6.08 Å². The van der Waals surface area contributed by atoms with E-state index in [4.69, 9.17) is 18.9 Å². The van der Waals surface area contributed by atoms with Crippen molar-refractivity contribution in [3.8, 4) is 0 Å². The van der Waals surface area contributed by atoms with Crippen molar-refractivity contribution < 1.29 is 69.4 Å². The fourth-order valence-corrected chi connectivity index (χ4v) is 7.50. The van der Waals surface area contributed by atoms with Gasteiger partial charge >= 0.3 is 5.69 Å². The van der Waals surface area contributed by atoms with Crippen LogP contribution in [0.2, 0.25) is 0 Å². The van der Waals surface area contributed by atoms with Crippen molar-refractivity contribution in [1.29, 1.82) is 0 Å². The number of aromatic amines is 1. The number of aromatic nitrogens is 2. The van der Waals surface area contributed by atoms with Crippen LogP contribution in [0.25, 0.3) is 0 Å². The van der Waals surface area contributed by atoms with Crippen molar-refractivity contribution in [2.45, 2.75) is 183 Å². The van der Waals surface area contributed by atoms with Crippen LogP contribution in [-0.4, -0.2) is 155 Å². The van der Waals surface area contributed by atoms with E-state index in [-0.39, 0.29) is 0 Å². The first-order chi connectivity index (χ1) is 27.7. The Morgan fingerprint density at radius 3 is 1.97 bits per heavy atom. The highest BCUT2D eigenvalue weighted by molar-refractivity contribution is 5.87. The molecule has 0 aromatic carbocycles. The number of carbonyl (C=O) groups excluding carboxylic acids is 2. The molecule has 0 spiro atoms. The SMILES string of the molecule is CCCCCCCCCCCC/C=C/C(=O)NC1C(OC2OC(CO)C(O)C(O)C2NC(C)=O)OC(CC(O)C2OC(n3ccc(=O)[nH]c3=O)C(O)C2O)C(O)C1O. The average Bonchev–Trinajstić information content (AvgIpc) is 3.48. The maximum atomic E-state index is 13.1. The largest absolute Gasteiger partial charge is 0.394 e. The molecule has 3 fully saturated rings. The fraction of sp³-hybridized carbons (Fsp3) is 0.789. The minimum absolute atomic E-state index is 0.597. The van der Waals surface area contributed by atoms with E-state index >= 15 is 0 Å². The maximum Gasteiger partial charge on any atom is 0.330 e. The summed E-state index contributed by atoms with van der Waals surface area (Å²) in [6.45, 7) is 2.54. The van der Waals surface area contributed by atoms with Gasteiger partial charge in [0.15, 0.2) is 18.8 Å². The molecule has 20 heteroatoms. The summed E-state index contributed by atoms with van der Waals surface area (Å²) >= 11 is 0. The van der Waals surface area contributed by atoms with Crippen molar-refractivity contribution in [1.82, 2.24) is 20.2 Å². The molecule has 3 aliphatic heterocycles. The van der Waals surface area contributed by atoms with E-state index in [1.165, 1.54) is 44.6 Å². The van der Waals surface area contributed by atoms with Gasteiger partial charge in [-0.1, -0.05) is 70.8 Å². The van der Waals surface area contributed by atoms with Gasteiger partial charge < -0.3 is 70.4 Å². The summed E-state index contributed by atoms with van der Waals surface area (Å²) in [5.74, 6) is -1.35. The summed E-state index contributed by atoms with van der Waals surface area (Å²) in [7, 11) is 0. The Labute approximate surface area is 335 Å². The number of amides is 2. The van der Waals surface area contributed by atoms with Gasteiger partial charge in [-0.25, -0.2) is 4.79 Å². The summed E-state index contributed by atoms with van der Waals surface area (Å²) in [6.07, 6.45) is -6.36. The van der Waals surface area contributed by atoms with Crippen LogP contribution in [0.4, 0.5) is 0 Å². The Kier molecular flexibility index (Phi) is 18.9. The zero-order valence-electron chi connectivity index (χ0n) is 33.0. The predicted molar refractivity (Wildman–Crippen MR) is 203 cm³/mol. The predicted octanol–water partition coefficient (Wildman–Crippen LogP) is -2.33. The Bertz CT molecular complexity index is 1580. The Morgan fingerprint density at radius 1 is 0.810 bits per heavy atom. The number of nitrogens with one attached hydrogen (secondary N) is 3. The molecule has 4 heterocycles. The van der Waals surface area contributed by atoms with Crippen LogP contribution in [-0.2, 0) is 28.5 Å². The lowest BCUT2D eigenvalue weighted by Crippen LogP contribution is -2.68. The molecule has 0 bridgehead atoms. The molecule has 20 nitrogen and oxygen atoms in total. The first kappa shape index (κ1) is 47.6. The topological polar surface area (TPSA) is 312 Å². The van der Waals surface area contributed by atoms with Gasteiger partial charge in [0, 0.05) is 25.6 Å². The molecule has 0 saturated carbocycles. The number of allylic oxidation sites excluding steroid dienone is 1. The molecular formula is C38H62N4O16. The first-order valence-corrected chi connectivity index (χ1v) is 20.2. The lowest BCUT2D eigenvalue weighted by atomic mass is 9.91. The highest BCUT2D eigenvalue weighted by atomic mass is 16.8. The number of unbranched alkanes of at least 4 members (excludes halogenated alkanes) is 10. The Balaban J connectivity index is 1.46. The third-order valence-corrected chi connectivity index (χ3v) is 10.8. The van der Waals surface area contributed by atoms with Crippen LogP contribution in [0.5, 0.6) is 0 Å². The summed E-state index contributed by atoms with van der Waals surface area (Å²) in [4.78, 5) is 51.1. The molecule has 15 unspecified atom stereocenters. The Hall–Kier alpha value is -3.12. The molecule has 1 aromatic heterocycles. The highest BCUT2D eigenvalue weighted by Gasteiger charge is 2.53.